The van der Waals surface area contributed by atoms with Crippen LogP contribution in [0.15, 0.2) is 23.3 Å². The molecule has 3 saturated carbocycles. The van der Waals surface area contributed by atoms with Gasteiger partial charge < -0.3 is 5.11 Å². The van der Waals surface area contributed by atoms with Crippen molar-refractivity contribution in [3.05, 3.63) is 23.3 Å². The average molecular weight is 399 g/mol. The second-order valence-electron chi connectivity index (χ2n) is 11.9. The number of rotatable bonds is 5. The van der Waals surface area contributed by atoms with Gasteiger partial charge in [0, 0.05) is 6.61 Å². The fourth-order valence-corrected chi connectivity index (χ4v) is 8.55. The van der Waals surface area contributed by atoms with Gasteiger partial charge in [-0.3, -0.25) is 0 Å². The van der Waals surface area contributed by atoms with Crippen molar-refractivity contribution < 1.29 is 5.11 Å². The molecule has 0 aliphatic heterocycles. The van der Waals surface area contributed by atoms with E-state index in [1.165, 1.54) is 69.8 Å². The lowest BCUT2D eigenvalue weighted by molar-refractivity contribution is -0.0491. The Bertz CT molecular complexity index is 659. The second-order valence-corrected chi connectivity index (χ2v) is 11.9. The van der Waals surface area contributed by atoms with Crippen molar-refractivity contribution in [3.8, 4) is 0 Å². The van der Waals surface area contributed by atoms with E-state index in [4.69, 9.17) is 0 Å². The van der Waals surface area contributed by atoms with E-state index in [0.717, 1.165) is 29.6 Å². The minimum atomic E-state index is 0.275. The molecule has 0 saturated heterocycles. The summed E-state index contributed by atoms with van der Waals surface area (Å²) in [6, 6.07) is 0. The van der Waals surface area contributed by atoms with Crippen LogP contribution in [0.3, 0.4) is 0 Å². The van der Waals surface area contributed by atoms with Gasteiger partial charge in [0.1, 0.15) is 0 Å². The van der Waals surface area contributed by atoms with Gasteiger partial charge in [0.2, 0.25) is 0 Å². The molecule has 4 aliphatic carbocycles. The van der Waals surface area contributed by atoms with E-state index in [1.54, 1.807) is 0 Å². The maximum absolute atomic E-state index is 9.45. The average Bonchev–Trinajstić information content (AvgIpc) is 3.08. The Morgan fingerprint density at radius 2 is 1.93 bits per heavy atom. The molecule has 1 N–H and O–H groups in total. The molecule has 8 atom stereocenters. The highest BCUT2D eigenvalue weighted by Gasteiger charge is 2.58. The number of hydrogen-bond acceptors (Lipinski definition) is 1. The molecule has 0 aromatic carbocycles. The Labute approximate surface area is 180 Å². The highest BCUT2D eigenvalue weighted by Crippen LogP contribution is 2.67. The van der Waals surface area contributed by atoms with E-state index >= 15 is 0 Å². The van der Waals surface area contributed by atoms with Crippen molar-refractivity contribution in [3.63, 3.8) is 0 Å². The van der Waals surface area contributed by atoms with Gasteiger partial charge in [-0.1, -0.05) is 57.4 Å². The summed E-state index contributed by atoms with van der Waals surface area (Å²) in [7, 11) is 0. The van der Waals surface area contributed by atoms with Crippen LogP contribution in [-0.4, -0.2) is 11.7 Å². The van der Waals surface area contributed by atoms with Crippen LogP contribution in [0.4, 0.5) is 0 Å². The Hall–Kier alpha value is -0.560. The third-order valence-corrected chi connectivity index (χ3v) is 10.6. The zero-order valence-electron chi connectivity index (χ0n) is 19.8. The van der Waals surface area contributed by atoms with Gasteiger partial charge in [-0.05, 0) is 111 Å². The normalized spacial score (nSPS) is 44.3. The molecule has 0 aromatic rings. The molecule has 29 heavy (non-hydrogen) atoms. The first-order valence-corrected chi connectivity index (χ1v) is 12.8. The monoisotopic (exact) mass is 398 g/mol. The van der Waals surface area contributed by atoms with Crippen LogP contribution in [0.2, 0.25) is 0 Å². The first-order valence-electron chi connectivity index (χ1n) is 12.8. The molecular formula is C28H46O. The highest BCUT2D eigenvalue weighted by molar-refractivity contribution is 5.24. The van der Waals surface area contributed by atoms with E-state index in [2.05, 4.69) is 46.8 Å². The largest absolute Gasteiger partial charge is 0.396 e. The molecule has 0 heterocycles. The summed E-state index contributed by atoms with van der Waals surface area (Å²) >= 11 is 0. The third kappa shape index (κ3) is 3.58. The summed E-state index contributed by atoms with van der Waals surface area (Å²) in [5.41, 5.74) is 4.31. The van der Waals surface area contributed by atoms with Crippen molar-refractivity contribution in [1.82, 2.24) is 0 Å². The SMILES string of the molecule is CC(=CCC(C)[C@H]1CC[C@H]2[C@@H]3CC=C4CCCC[C@]4(C)[C@H]3CC[C@]12C)C(C)CO. The molecule has 0 spiro atoms. The van der Waals surface area contributed by atoms with Crippen molar-refractivity contribution in [1.29, 1.82) is 0 Å². The number of allylic oxidation sites excluding steroid dienone is 3. The van der Waals surface area contributed by atoms with E-state index in [1.807, 2.05) is 5.57 Å². The molecule has 2 unspecified atom stereocenters. The Morgan fingerprint density at radius 3 is 2.69 bits per heavy atom. The van der Waals surface area contributed by atoms with Gasteiger partial charge in [-0.25, -0.2) is 0 Å². The standard InChI is InChI=1S/C28H46O/c1-19(21(3)18-29)9-10-20(2)24-13-14-25-23-12-11-22-8-6-7-16-27(22,4)26(23)15-17-28(24,25)5/h9,11,20-21,23-26,29H,6-8,10,12-18H2,1-5H3/t20?,21?,23-,24+,25-,26-,27-,28+/m0/s1. The summed E-state index contributed by atoms with van der Waals surface area (Å²) in [6.45, 7) is 12.5. The molecule has 4 aliphatic rings. The molecule has 1 nitrogen and oxygen atoms in total. The Balaban J connectivity index is 1.50. The second kappa shape index (κ2) is 8.18. The number of aliphatic hydroxyl groups excluding tert-OH is 1. The van der Waals surface area contributed by atoms with Gasteiger partial charge >= 0.3 is 0 Å². The molecule has 0 amide bonds. The summed E-state index contributed by atoms with van der Waals surface area (Å²) in [6.07, 6.45) is 19.3. The fourth-order valence-electron chi connectivity index (χ4n) is 8.55. The maximum Gasteiger partial charge on any atom is 0.0493 e. The van der Waals surface area contributed by atoms with Gasteiger partial charge in [-0.15, -0.1) is 0 Å². The minimum Gasteiger partial charge on any atom is -0.396 e. The van der Waals surface area contributed by atoms with E-state index in [-0.39, 0.29) is 6.61 Å². The lowest BCUT2D eigenvalue weighted by atomic mass is 9.47. The van der Waals surface area contributed by atoms with Gasteiger partial charge in [0.05, 0.1) is 0 Å². The lowest BCUT2D eigenvalue weighted by Gasteiger charge is -2.58. The quantitative estimate of drug-likeness (QED) is 0.474. The minimum absolute atomic E-state index is 0.275. The van der Waals surface area contributed by atoms with Crippen LogP contribution in [0.5, 0.6) is 0 Å². The molecule has 1 heteroatoms. The van der Waals surface area contributed by atoms with Crippen LogP contribution < -0.4 is 0 Å². The fraction of sp³-hybridized carbons (Fsp3) is 0.857. The van der Waals surface area contributed by atoms with E-state index in [9.17, 15) is 5.11 Å². The predicted molar refractivity (Wildman–Crippen MR) is 124 cm³/mol. The van der Waals surface area contributed by atoms with Crippen LogP contribution in [0, 0.1) is 46.3 Å². The molecule has 0 aromatic heterocycles. The lowest BCUT2D eigenvalue weighted by Crippen LogP contribution is -2.50. The maximum atomic E-state index is 9.45. The summed E-state index contributed by atoms with van der Waals surface area (Å²) in [5.74, 6) is 4.82. The first kappa shape index (κ1) is 21.7. The van der Waals surface area contributed by atoms with Gasteiger partial charge in [0.15, 0.2) is 0 Å². The molecule has 164 valence electrons. The zero-order valence-corrected chi connectivity index (χ0v) is 19.8. The van der Waals surface area contributed by atoms with Crippen molar-refractivity contribution in [2.45, 2.75) is 98.8 Å². The van der Waals surface area contributed by atoms with E-state index in [0.29, 0.717) is 16.7 Å². The summed E-state index contributed by atoms with van der Waals surface area (Å²) in [4.78, 5) is 0. The molecule has 0 radical (unpaired) electrons. The predicted octanol–water partition coefficient (Wildman–Crippen LogP) is 7.56. The zero-order chi connectivity index (χ0) is 20.8. The van der Waals surface area contributed by atoms with Crippen molar-refractivity contribution in [2.24, 2.45) is 46.3 Å². The Kier molecular flexibility index (Phi) is 6.11. The van der Waals surface area contributed by atoms with Gasteiger partial charge in [0.25, 0.3) is 0 Å². The summed E-state index contributed by atoms with van der Waals surface area (Å²) < 4.78 is 0. The highest BCUT2D eigenvalue weighted by atomic mass is 16.3. The van der Waals surface area contributed by atoms with Crippen LogP contribution in [-0.2, 0) is 0 Å². The third-order valence-electron chi connectivity index (χ3n) is 10.6. The number of hydrogen-bond donors (Lipinski definition) is 1. The molecule has 3 fully saturated rings. The van der Waals surface area contributed by atoms with Crippen LogP contribution in [0.1, 0.15) is 98.8 Å². The van der Waals surface area contributed by atoms with Crippen molar-refractivity contribution >= 4 is 0 Å². The Morgan fingerprint density at radius 1 is 1.14 bits per heavy atom. The molecule has 4 rings (SSSR count). The van der Waals surface area contributed by atoms with Gasteiger partial charge in [-0.2, -0.15) is 0 Å². The van der Waals surface area contributed by atoms with Crippen molar-refractivity contribution in [2.75, 3.05) is 6.61 Å². The van der Waals surface area contributed by atoms with Crippen LogP contribution in [0.25, 0.3) is 0 Å². The van der Waals surface area contributed by atoms with Crippen LogP contribution >= 0.6 is 0 Å². The summed E-state index contributed by atoms with van der Waals surface area (Å²) in [5, 5.41) is 9.45. The number of fused-ring (bicyclic) bond motifs is 5. The molecule has 0 bridgehead atoms. The topological polar surface area (TPSA) is 20.2 Å². The molecular weight excluding hydrogens is 352 g/mol. The van der Waals surface area contributed by atoms with E-state index < -0.39 is 0 Å². The first-order chi connectivity index (χ1) is 13.8. The smallest absolute Gasteiger partial charge is 0.0493 e. The number of aliphatic hydroxyl groups is 1.